The summed E-state index contributed by atoms with van der Waals surface area (Å²) in [6, 6.07) is 13.7. The van der Waals surface area contributed by atoms with Gasteiger partial charge in [0, 0.05) is 26.7 Å². The number of carbonyl (C=O) groups is 1. The van der Waals surface area contributed by atoms with E-state index in [-0.39, 0.29) is 6.03 Å². The van der Waals surface area contributed by atoms with E-state index >= 15 is 0 Å². The molecule has 6 nitrogen and oxygen atoms in total. The Hall–Kier alpha value is -2.89. The molecule has 2 heterocycles. The zero-order valence-corrected chi connectivity index (χ0v) is 16.3. The van der Waals surface area contributed by atoms with E-state index < -0.39 is 0 Å². The van der Waals surface area contributed by atoms with Crippen LogP contribution in [0, 0.1) is 0 Å². The van der Waals surface area contributed by atoms with Crippen molar-refractivity contribution in [3.63, 3.8) is 0 Å². The van der Waals surface area contributed by atoms with Crippen LogP contribution in [0.25, 0.3) is 0 Å². The molecule has 1 N–H and O–H groups in total. The number of hydrogen-bond acceptors (Lipinski definition) is 4. The Morgan fingerprint density at radius 2 is 1.79 bits per heavy atom. The second kappa shape index (κ2) is 8.42. The minimum absolute atomic E-state index is 0.126. The van der Waals surface area contributed by atoms with Gasteiger partial charge in [0.05, 0.1) is 11.4 Å². The highest BCUT2D eigenvalue weighted by molar-refractivity contribution is 5.93. The minimum Gasteiger partial charge on any atom is -0.486 e. The number of ether oxygens (including phenoxy) is 2. The van der Waals surface area contributed by atoms with Gasteiger partial charge < -0.3 is 24.6 Å². The number of nitrogens with one attached hydrogen (secondary N) is 1. The topological polar surface area (TPSA) is 54.0 Å². The fourth-order valence-corrected chi connectivity index (χ4v) is 3.73. The lowest BCUT2D eigenvalue weighted by Crippen LogP contribution is -2.33. The molecule has 2 aromatic carbocycles. The molecule has 0 radical (unpaired) electrons. The highest BCUT2D eigenvalue weighted by Gasteiger charge is 2.18. The summed E-state index contributed by atoms with van der Waals surface area (Å²) in [4.78, 5) is 16.8. The van der Waals surface area contributed by atoms with Gasteiger partial charge in [-0.15, -0.1) is 0 Å². The molecule has 148 valence electrons. The number of fused-ring (bicyclic) bond motifs is 1. The molecule has 0 bridgehead atoms. The number of nitrogens with zero attached hydrogens (tertiary/aromatic N) is 2. The third-order valence-electron chi connectivity index (χ3n) is 5.22. The highest BCUT2D eigenvalue weighted by Crippen LogP contribution is 2.31. The van der Waals surface area contributed by atoms with E-state index in [0.717, 1.165) is 41.5 Å². The van der Waals surface area contributed by atoms with Crippen LogP contribution in [0.2, 0.25) is 0 Å². The maximum absolute atomic E-state index is 12.8. The number of piperidine rings is 1. The van der Waals surface area contributed by atoms with Gasteiger partial charge in [0.15, 0.2) is 11.5 Å². The molecule has 4 rings (SSSR count). The van der Waals surface area contributed by atoms with Gasteiger partial charge in [-0.1, -0.05) is 18.2 Å². The summed E-state index contributed by atoms with van der Waals surface area (Å²) < 4.78 is 11.2. The van der Waals surface area contributed by atoms with E-state index in [9.17, 15) is 4.79 Å². The summed E-state index contributed by atoms with van der Waals surface area (Å²) in [5.74, 6) is 1.51. The van der Waals surface area contributed by atoms with Crippen LogP contribution in [0.3, 0.4) is 0 Å². The van der Waals surface area contributed by atoms with Crippen LogP contribution >= 0.6 is 0 Å². The van der Waals surface area contributed by atoms with Gasteiger partial charge in [0.2, 0.25) is 0 Å². The zero-order valence-electron chi connectivity index (χ0n) is 16.3. The Morgan fingerprint density at radius 3 is 2.61 bits per heavy atom. The van der Waals surface area contributed by atoms with Crippen molar-refractivity contribution >= 4 is 17.4 Å². The predicted octanol–water partition coefficient (Wildman–Crippen LogP) is 4.11. The van der Waals surface area contributed by atoms with Crippen molar-refractivity contribution in [1.29, 1.82) is 0 Å². The molecule has 2 aliphatic rings. The van der Waals surface area contributed by atoms with Gasteiger partial charge in [-0.05, 0) is 49.1 Å². The molecule has 2 amide bonds. The lowest BCUT2D eigenvalue weighted by atomic mass is 10.1. The first-order valence-electron chi connectivity index (χ1n) is 9.95. The smallest absolute Gasteiger partial charge is 0.321 e. The van der Waals surface area contributed by atoms with Gasteiger partial charge in [-0.3, -0.25) is 0 Å². The number of amides is 2. The van der Waals surface area contributed by atoms with Crippen LogP contribution in [0.5, 0.6) is 11.5 Å². The quantitative estimate of drug-likeness (QED) is 0.866. The third-order valence-corrected chi connectivity index (χ3v) is 5.22. The molecule has 0 saturated carbocycles. The second-order valence-corrected chi connectivity index (χ2v) is 7.33. The van der Waals surface area contributed by atoms with Crippen molar-refractivity contribution in [2.45, 2.75) is 25.8 Å². The average molecular weight is 381 g/mol. The number of anilines is 2. The van der Waals surface area contributed by atoms with Gasteiger partial charge in [-0.25, -0.2) is 4.79 Å². The zero-order chi connectivity index (χ0) is 19.3. The van der Waals surface area contributed by atoms with Crippen molar-refractivity contribution in [3.8, 4) is 11.5 Å². The largest absolute Gasteiger partial charge is 0.486 e. The molecule has 2 aromatic rings. The van der Waals surface area contributed by atoms with Crippen molar-refractivity contribution in [3.05, 3.63) is 48.0 Å². The van der Waals surface area contributed by atoms with E-state index in [2.05, 4.69) is 16.3 Å². The lowest BCUT2D eigenvalue weighted by molar-refractivity contribution is 0.171. The molecular weight excluding hydrogens is 354 g/mol. The third kappa shape index (κ3) is 4.16. The molecule has 2 aliphatic heterocycles. The maximum atomic E-state index is 12.8. The van der Waals surface area contributed by atoms with Gasteiger partial charge in [0.1, 0.15) is 13.2 Å². The number of carbonyl (C=O) groups excluding carboxylic acids is 1. The Morgan fingerprint density at radius 1 is 1.04 bits per heavy atom. The first-order valence-corrected chi connectivity index (χ1v) is 9.95. The fraction of sp³-hybridized carbons (Fsp3) is 0.409. The Balaban J connectivity index is 1.42. The van der Waals surface area contributed by atoms with E-state index in [1.54, 1.807) is 11.9 Å². The number of hydrogen-bond donors (Lipinski definition) is 1. The van der Waals surface area contributed by atoms with E-state index in [4.69, 9.17) is 9.47 Å². The Kier molecular flexibility index (Phi) is 5.55. The molecule has 1 saturated heterocycles. The first-order chi connectivity index (χ1) is 13.7. The fourth-order valence-electron chi connectivity index (χ4n) is 3.73. The number of rotatable bonds is 4. The van der Waals surface area contributed by atoms with Crippen molar-refractivity contribution in [2.75, 3.05) is 43.6 Å². The number of urea groups is 1. The second-order valence-electron chi connectivity index (χ2n) is 7.33. The molecule has 0 spiro atoms. The van der Waals surface area contributed by atoms with Crippen LogP contribution < -0.4 is 19.7 Å². The number of benzene rings is 2. The van der Waals surface area contributed by atoms with Crippen LogP contribution in [-0.2, 0) is 6.54 Å². The molecule has 1 fully saturated rings. The lowest BCUT2D eigenvalue weighted by Gasteiger charge is -2.31. The molecule has 28 heavy (non-hydrogen) atoms. The molecular formula is C22H27N3O3. The highest BCUT2D eigenvalue weighted by atomic mass is 16.6. The summed E-state index contributed by atoms with van der Waals surface area (Å²) in [7, 11) is 1.80. The summed E-state index contributed by atoms with van der Waals surface area (Å²) in [6.45, 7) is 3.71. The van der Waals surface area contributed by atoms with Gasteiger partial charge in [-0.2, -0.15) is 0 Å². The van der Waals surface area contributed by atoms with Crippen LogP contribution in [-0.4, -0.2) is 44.3 Å². The van der Waals surface area contributed by atoms with Crippen molar-refractivity contribution in [1.82, 2.24) is 4.90 Å². The summed E-state index contributed by atoms with van der Waals surface area (Å²) in [5, 5.41) is 3.08. The standard InChI is InChI=1S/C22H27N3O3/c1-24(16-17-9-10-20-21(15-17)28-14-13-27-20)22(26)23-18-7-3-4-8-19(18)25-11-5-2-6-12-25/h3-4,7-10,15H,2,5-6,11-14,16H2,1H3,(H,23,26). The number of para-hydroxylation sites is 2. The van der Waals surface area contributed by atoms with E-state index in [1.807, 2.05) is 36.4 Å². The molecule has 0 aromatic heterocycles. The van der Waals surface area contributed by atoms with E-state index in [0.29, 0.717) is 19.8 Å². The van der Waals surface area contributed by atoms with Crippen LogP contribution in [0.15, 0.2) is 42.5 Å². The van der Waals surface area contributed by atoms with Gasteiger partial charge in [0.25, 0.3) is 0 Å². The summed E-state index contributed by atoms with van der Waals surface area (Å²) >= 11 is 0. The summed E-state index contributed by atoms with van der Waals surface area (Å²) in [5.41, 5.74) is 2.97. The SMILES string of the molecule is CN(Cc1ccc2c(c1)OCCO2)C(=O)Nc1ccccc1N1CCCCC1. The molecule has 0 unspecified atom stereocenters. The van der Waals surface area contributed by atoms with Gasteiger partial charge >= 0.3 is 6.03 Å². The monoisotopic (exact) mass is 381 g/mol. The minimum atomic E-state index is -0.126. The predicted molar refractivity (Wildman–Crippen MR) is 110 cm³/mol. The maximum Gasteiger partial charge on any atom is 0.321 e. The first kappa shape index (κ1) is 18.5. The van der Waals surface area contributed by atoms with Crippen LogP contribution in [0.1, 0.15) is 24.8 Å². The molecule has 0 aliphatic carbocycles. The average Bonchev–Trinajstić information content (AvgIpc) is 2.74. The van der Waals surface area contributed by atoms with Crippen LogP contribution in [0.4, 0.5) is 16.2 Å². The molecule has 6 heteroatoms. The Labute approximate surface area is 166 Å². The normalized spacial score (nSPS) is 15.8. The van der Waals surface area contributed by atoms with Crippen molar-refractivity contribution < 1.29 is 14.3 Å². The molecule has 0 atom stereocenters. The van der Waals surface area contributed by atoms with E-state index in [1.165, 1.54) is 19.3 Å². The summed E-state index contributed by atoms with van der Waals surface area (Å²) in [6.07, 6.45) is 3.68. The Bertz CT molecular complexity index is 834. The van der Waals surface area contributed by atoms with Crippen molar-refractivity contribution in [2.24, 2.45) is 0 Å².